The third-order valence-corrected chi connectivity index (χ3v) is 3.25. The van der Waals surface area contributed by atoms with Gasteiger partial charge in [-0.3, -0.25) is 9.69 Å². The van der Waals surface area contributed by atoms with Crippen LogP contribution >= 0.6 is 0 Å². The summed E-state index contributed by atoms with van der Waals surface area (Å²) in [4.78, 5) is 17.7. The minimum Gasteiger partial charge on any atom is -0.448 e. The highest BCUT2D eigenvalue weighted by Gasteiger charge is 2.23. The first-order chi connectivity index (χ1) is 8.79. The van der Waals surface area contributed by atoms with Gasteiger partial charge in [-0.1, -0.05) is 6.08 Å². The lowest BCUT2D eigenvalue weighted by Gasteiger charge is -2.30. The second-order valence-corrected chi connectivity index (χ2v) is 4.55. The van der Waals surface area contributed by atoms with Crippen molar-refractivity contribution in [2.24, 2.45) is 0 Å². The van der Waals surface area contributed by atoms with Crippen LogP contribution in [-0.4, -0.2) is 42.0 Å². The van der Waals surface area contributed by atoms with Gasteiger partial charge >= 0.3 is 0 Å². The topological polar surface area (TPSA) is 58.4 Å². The van der Waals surface area contributed by atoms with Crippen molar-refractivity contribution in [1.82, 2.24) is 15.2 Å². The fourth-order valence-corrected chi connectivity index (χ4v) is 2.25. The van der Waals surface area contributed by atoms with E-state index < -0.39 is 0 Å². The van der Waals surface area contributed by atoms with Crippen molar-refractivity contribution in [1.29, 1.82) is 0 Å². The molecule has 2 heterocycles. The molecule has 0 saturated carbocycles. The van der Waals surface area contributed by atoms with Crippen LogP contribution in [0.5, 0.6) is 0 Å². The summed E-state index contributed by atoms with van der Waals surface area (Å²) in [5, 5.41) is 2.79. The molecule has 18 heavy (non-hydrogen) atoms. The van der Waals surface area contributed by atoms with Gasteiger partial charge in [-0.05, 0) is 25.9 Å². The first kappa shape index (κ1) is 12.8. The summed E-state index contributed by atoms with van der Waals surface area (Å²) >= 11 is 0. The third kappa shape index (κ3) is 3.43. The van der Waals surface area contributed by atoms with Crippen LogP contribution in [0.15, 0.2) is 29.7 Å². The van der Waals surface area contributed by atoms with E-state index in [0.717, 1.165) is 31.7 Å². The second-order valence-electron chi connectivity index (χ2n) is 4.55. The normalized spacial score (nSPS) is 17.6. The van der Waals surface area contributed by atoms with Gasteiger partial charge in [0.15, 0.2) is 6.39 Å². The molecule has 1 aromatic heterocycles. The van der Waals surface area contributed by atoms with Gasteiger partial charge in [0, 0.05) is 12.5 Å². The fourth-order valence-electron chi connectivity index (χ4n) is 2.25. The van der Waals surface area contributed by atoms with Crippen LogP contribution in [-0.2, 0) is 4.79 Å². The van der Waals surface area contributed by atoms with Crippen LogP contribution in [0.4, 0.5) is 0 Å². The largest absolute Gasteiger partial charge is 0.448 e. The minimum absolute atomic E-state index is 0.0630. The number of nitrogens with zero attached hydrogens (tertiary/aromatic N) is 2. The molecular weight excluding hydrogens is 230 g/mol. The van der Waals surface area contributed by atoms with E-state index in [2.05, 4.69) is 21.8 Å². The third-order valence-electron chi connectivity index (χ3n) is 3.25. The summed E-state index contributed by atoms with van der Waals surface area (Å²) in [6, 6.07) is 0. The Morgan fingerprint density at radius 3 is 3.00 bits per heavy atom. The molecule has 1 aliphatic rings. The molecule has 0 aliphatic carbocycles. The molecule has 0 bridgehead atoms. The number of hydrogen-bond acceptors (Lipinski definition) is 4. The van der Waals surface area contributed by atoms with Crippen LogP contribution < -0.4 is 5.32 Å². The van der Waals surface area contributed by atoms with Crippen molar-refractivity contribution in [2.75, 3.05) is 26.2 Å². The Kier molecular flexibility index (Phi) is 4.52. The number of piperidine rings is 1. The van der Waals surface area contributed by atoms with Gasteiger partial charge in [0.1, 0.15) is 5.76 Å². The zero-order valence-electron chi connectivity index (χ0n) is 10.5. The van der Waals surface area contributed by atoms with Crippen LogP contribution in [0, 0.1) is 0 Å². The molecule has 1 aliphatic heterocycles. The summed E-state index contributed by atoms with van der Waals surface area (Å²) in [6.45, 7) is 6.42. The summed E-state index contributed by atoms with van der Waals surface area (Å²) in [5.41, 5.74) is 0. The molecule has 1 N–H and O–H groups in total. The van der Waals surface area contributed by atoms with Gasteiger partial charge in [-0.2, -0.15) is 0 Å². The van der Waals surface area contributed by atoms with E-state index in [1.165, 1.54) is 6.39 Å². The number of oxazole rings is 1. The smallest absolute Gasteiger partial charge is 0.234 e. The Labute approximate surface area is 107 Å². The first-order valence-electron chi connectivity index (χ1n) is 6.28. The lowest BCUT2D eigenvalue weighted by atomic mass is 9.95. The lowest BCUT2D eigenvalue weighted by molar-refractivity contribution is -0.122. The van der Waals surface area contributed by atoms with Gasteiger partial charge in [-0.25, -0.2) is 4.98 Å². The van der Waals surface area contributed by atoms with E-state index in [4.69, 9.17) is 4.42 Å². The molecule has 0 spiro atoms. The number of amides is 1. The molecular formula is C13H19N3O2. The van der Waals surface area contributed by atoms with Crippen LogP contribution in [0.2, 0.25) is 0 Å². The quantitative estimate of drug-likeness (QED) is 0.795. The van der Waals surface area contributed by atoms with E-state index in [1.807, 2.05) is 0 Å². The van der Waals surface area contributed by atoms with Gasteiger partial charge in [0.05, 0.1) is 12.7 Å². The first-order valence-corrected chi connectivity index (χ1v) is 6.28. The summed E-state index contributed by atoms with van der Waals surface area (Å²) in [5.74, 6) is 1.47. The Morgan fingerprint density at radius 2 is 2.39 bits per heavy atom. The lowest BCUT2D eigenvalue weighted by Crippen LogP contribution is -2.41. The number of hydrogen-bond donors (Lipinski definition) is 1. The van der Waals surface area contributed by atoms with Gasteiger partial charge < -0.3 is 9.73 Å². The Hall–Kier alpha value is -1.62. The van der Waals surface area contributed by atoms with Crippen molar-refractivity contribution in [3.8, 4) is 0 Å². The molecule has 0 unspecified atom stereocenters. The van der Waals surface area contributed by atoms with E-state index in [0.29, 0.717) is 19.0 Å². The van der Waals surface area contributed by atoms with Crippen molar-refractivity contribution >= 4 is 5.91 Å². The number of carbonyl (C=O) groups excluding carboxylic acids is 1. The molecule has 5 nitrogen and oxygen atoms in total. The van der Waals surface area contributed by atoms with E-state index in [-0.39, 0.29) is 5.91 Å². The van der Waals surface area contributed by atoms with Crippen LogP contribution in [0.25, 0.3) is 0 Å². The zero-order valence-corrected chi connectivity index (χ0v) is 10.5. The Balaban J connectivity index is 1.73. The summed E-state index contributed by atoms with van der Waals surface area (Å²) in [7, 11) is 0. The number of aromatic nitrogens is 1. The maximum absolute atomic E-state index is 11.6. The highest BCUT2D eigenvalue weighted by molar-refractivity contribution is 5.78. The molecule has 2 rings (SSSR count). The number of likely N-dealkylation sites (tertiary alicyclic amines) is 1. The van der Waals surface area contributed by atoms with E-state index in [1.54, 1.807) is 12.3 Å². The van der Waals surface area contributed by atoms with E-state index in [9.17, 15) is 4.79 Å². The molecule has 5 heteroatoms. The highest BCUT2D eigenvalue weighted by Crippen LogP contribution is 2.27. The number of nitrogens with one attached hydrogen (secondary N) is 1. The second kappa shape index (κ2) is 6.35. The average molecular weight is 249 g/mol. The predicted molar refractivity (Wildman–Crippen MR) is 68.1 cm³/mol. The van der Waals surface area contributed by atoms with Crippen molar-refractivity contribution < 1.29 is 9.21 Å². The summed E-state index contributed by atoms with van der Waals surface area (Å²) < 4.78 is 5.32. The molecule has 1 amide bonds. The minimum atomic E-state index is 0.0630. The van der Waals surface area contributed by atoms with Crippen LogP contribution in [0.3, 0.4) is 0 Å². The highest BCUT2D eigenvalue weighted by atomic mass is 16.3. The molecule has 0 aromatic carbocycles. The molecule has 0 atom stereocenters. The Bertz CT molecular complexity index is 381. The fraction of sp³-hybridized carbons (Fsp3) is 0.538. The maximum atomic E-state index is 11.6. The van der Waals surface area contributed by atoms with Crippen molar-refractivity contribution in [3.63, 3.8) is 0 Å². The van der Waals surface area contributed by atoms with E-state index >= 15 is 0 Å². The van der Waals surface area contributed by atoms with Crippen LogP contribution in [0.1, 0.15) is 24.5 Å². The molecule has 0 radical (unpaired) electrons. The summed E-state index contributed by atoms with van der Waals surface area (Å²) in [6.07, 6.45) is 6.99. The van der Waals surface area contributed by atoms with Gasteiger partial charge in [0.2, 0.25) is 5.91 Å². The van der Waals surface area contributed by atoms with Gasteiger partial charge in [0.25, 0.3) is 0 Å². The molecule has 1 fully saturated rings. The average Bonchev–Trinajstić information content (AvgIpc) is 2.91. The van der Waals surface area contributed by atoms with Crippen molar-refractivity contribution in [2.45, 2.75) is 18.8 Å². The monoisotopic (exact) mass is 249 g/mol. The molecule has 98 valence electrons. The Morgan fingerprint density at radius 1 is 1.61 bits per heavy atom. The number of carbonyl (C=O) groups is 1. The predicted octanol–water partition coefficient (Wildman–Crippen LogP) is 1.16. The zero-order chi connectivity index (χ0) is 12.8. The molecule has 1 aromatic rings. The maximum Gasteiger partial charge on any atom is 0.234 e. The molecule has 1 saturated heterocycles. The number of rotatable bonds is 5. The standard InChI is InChI=1S/C13H19N3O2/c1-2-5-15-13(17)9-16-6-3-11(4-7-16)12-8-14-10-18-12/h2,8,10-11H,1,3-7,9H2,(H,15,17). The SMILES string of the molecule is C=CCNC(=O)CN1CCC(c2cnco2)CC1. The van der Waals surface area contributed by atoms with Gasteiger partial charge in [-0.15, -0.1) is 6.58 Å². The van der Waals surface area contributed by atoms with Crippen molar-refractivity contribution in [3.05, 3.63) is 31.0 Å².